The van der Waals surface area contributed by atoms with Crippen LogP contribution >= 0.6 is 11.3 Å². The van der Waals surface area contributed by atoms with E-state index >= 15 is 0 Å². The summed E-state index contributed by atoms with van der Waals surface area (Å²) in [5, 5.41) is 21.5. The third-order valence-electron chi connectivity index (χ3n) is 5.30. The zero-order valence-electron chi connectivity index (χ0n) is 17.3. The number of carbonyl (C=O) groups is 2. The molecule has 0 saturated carbocycles. The highest BCUT2D eigenvalue weighted by Gasteiger charge is 2.33. The van der Waals surface area contributed by atoms with Gasteiger partial charge in [0.2, 0.25) is 5.91 Å². The maximum atomic E-state index is 13.1. The van der Waals surface area contributed by atoms with Gasteiger partial charge in [-0.2, -0.15) is 0 Å². The predicted octanol–water partition coefficient (Wildman–Crippen LogP) is 4.21. The highest BCUT2D eigenvalue weighted by atomic mass is 32.1. The normalized spacial score (nSPS) is 16.0. The smallest absolute Gasteiger partial charge is 0.355 e. The first-order valence-corrected chi connectivity index (χ1v) is 10.7. The van der Waals surface area contributed by atoms with Crippen LogP contribution in [0.15, 0.2) is 5.38 Å². The van der Waals surface area contributed by atoms with Crippen LogP contribution in [0.2, 0.25) is 0 Å². The largest absolute Gasteiger partial charge is 0.476 e. The lowest BCUT2D eigenvalue weighted by Gasteiger charge is -2.38. The minimum atomic E-state index is -1.10. The van der Waals surface area contributed by atoms with Crippen LogP contribution < -0.4 is 0 Å². The van der Waals surface area contributed by atoms with Crippen molar-refractivity contribution in [1.29, 1.82) is 0 Å². The Labute approximate surface area is 166 Å². The number of amides is 1. The van der Waals surface area contributed by atoms with E-state index in [4.69, 9.17) is 5.11 Å². The second-order valence-electron chi connectivity index (χ2n) is 7.64. The Morgan fingerprint density at radius 2 is 1.85 bits per heavy atom. The van der Waals surface area contributed by atoms with Gasteiger partial charge < -0.3 is 15.1 Å². The number of aliphatic hydroxyl groups excluding tert-OH is 1. The van der Waals surface area contributed by atoms with Gasteiger partial charge in [0.05, 0.1) is 0 Å². The van der Waals surface area contributed by atoms with E-state index in [1.54, 1.807) is 0 Å². The number of thiazole rings is 1. The third kappa shape index (κ3) is 6.28. The molecule has 1 aromatic rings. The highest BCUT2D eigenvalue weighted by Crippen LogP contribution is 2.29. The molecule has 1 rings (SSSR count). The predicted molar refractivity (Wildman–Crippen MR) is 108 cm³/mol. The fraction of sp³-hybridized carbons (Fsp3) is 0.750. The van der Waals surface area contributed by atoms with Gasteiger partial charge in [-0.05, 0) is 18.3 Å². The number of carboxylic acid groups (broad SMARTS) is 1. The molecule has 7 heteroatoms. The van der Waals surface area contributed by atoms with Crippen LogP contribution in [0.25, 0.3) is 0 Å². The topological polar surface area (TPSA) is 90.7 Å². The van der Waals surface area contributed by atoms with Crippen molar-refractivity contribution in [3.05, 3.63) is 16.1 Å². The minimum Gasteiger partial charge on any atom is -0.476 e. The lowest BCUT2D eigenvalue weighted by Crippen LogP contribution is -2.47. The average Bonchev–Trinajstić information content (AvgIpc) is 3.12. The number of carboxylic acids is 1. The number of nitrogens with zero attached hydrogens (tertiary/aromatic N) is 2. The molecule has 0 radical (unpaired) electrons. The first-order valence-electron chi connectivity index (χ1n) is 9.81. The van der Waals surface area contributed by atoms with E-state index in [1.165, 1.54) is 5.38 Å². The van der Waals surface area contributed by atoms with E-state index in [0.717, 1.165) is 24.2 Å². The Morgan fingerprint density at radius 1 is 1.22 bits per heavy atom. The van der Waals surface area contributed by atoms with Gasteiger partial charge >= 0.3 is 5.97 Å². The van der Waals surface area contributed by atoms with Gasteiger partial charge in [-0.3, -0.25) is 4.79 Å². The third-order valence-corrected chi connectivity index (χ3v) is 6.24. The number of aromatic carboxylic acids is 1. The van der Waals surface area contributed by atoms with Crippen LogP contribution in [0.5, 0.6) is 0 Å². The quantitative estimate of drug-likeness (QED) is 0.583. The monoisotopic (exact) mass is 398 g/mol. The first-order chi connectivity index (χ1) is 12.6. The Kier molecular flexibility index (Phi) is 9.39. The molecule has 0 unspecified atom stereocenters. The number of rotatable bonds is 11. The molecule has 0 spiro atoms. The first kappa shape index (κ1) is 23.6. The summed E-state index contributed by atoms with van der Waals surface area (Å²) in [6, 6.07) is -0.129. The van der Waals surface area contributed by atoms with Crippen LogP contribution in [-0.2, 0) is 4.79 Å². The van der Waals surface area contributed by atoms with Gasteiger partial charge in [-0.15, -0.1) is 11.3 Å². The summed E-state index contributed by atoms with van der Waals surface area (Å²) >= 11 is 1.14. The average molecular weight is 399 g/mol. The van der Waals surface area contributed by atoms with Crippen molar-refractivity contribution in [1.82, 2.24) is 9.88 Å². The molecule has 0 aliphatic carbocycles. The summed E-state index contributed by atoms with van der Waals surface area (Å²) in [6.45, 7) is 12.9. The summed E-state index contributed by atoms with van der Waals surface area (Å²) in [5.41, 5.74) is -0.0537. The second-order valence-corrected chi connectivity index (χ2v) is 8.53. The van der Waals surface area contributed by atoms with E-state index in [1.807, 2.05) is 32.6 Å². The molecule has 6 nitrogen and oxygen atoms in total. The molecule has 0 bridgehead atoms. The summed E-state index contributed by atoms with van der Waals surface area (Å²) in [7, 11) is 0. The molecule has 0 saturated heterocycles. The van der Waals surface area contributed by atoms with Gasteiger partial charge in [-0.1, -0.05) is 48.0 Å². The van der Waals surface area contributed by atoms with Gasteiger partial charge in [0.25, 0.3) is 0 Å². The number of aromatic nitrogens is 1. The van der Waals surface area contributed by atoms with Crippen LogP contribution in [0, 0.1) is 17.8 Å². The van der Waals surface area contributed by atoms with Crippen LogP contribution in [0.1, 0.15) is 82.4 Å². The Bertz CT molecular complexity index is 617. The van der Waals surface area contributed by atoms with Crippen LogP contribution in [0.3, 0.4) is 0 Å². The molecule has 0 fully saturated rings. The van der Waals surface area contributed by atoms with Crippen LogP contribution in [-0.4, -0.2) is 44.6 Å². The van der Waals surface area contributed by atoms with E-state index < -0.39 is 12.1 Å². The molecule has 0 aromatic carbocycles. The molecule has 1 aromatic heterocycles. The molecule has 2 N–H and O–H groups in total. The molecular weight excluding hydrogens is 364 g/mol. The lowest BCUT2D eigenvalue weighted by atomic mass is 9.89. The highest BCUT2D eigenvalue weighted by molar-refractivity contribution is 7.09. The van der Waals surface area contributed by atoms with E-state index in [2.05, 4.69) is 18.8 Å². The number of carbonyl (C=O) groups excluding carboxylic acids is 1. The number of hydrogen-bond acceptors (Lipinski definition) is 5. The molecule has 4 atom stereocenters. The van der Waals surface area contributed by atoms with Crippen molar-refractivity contribution >= 4 is 23.2 Å². The SMILES string of the molecule is CCCN(C(=O)[C@@H](C)[C@@H](C)CC)[C@H](C[C@@H](O)c1nc(C(=O)O)cs1)C(C)C. The zero-order valence-corrected chi connectivity index (χ0v) is 18.1. The van der Waals surface area contributed by atoms with E-state index in [-0.39, 0.29) is 29.5 Å². The van der Waals surface area contributed by atoms with Crippen LogP contribution in [0.4, 0.5) is 0 Å². The molecule has 0 aliphatic rings. The number of hydrogen-bond donors (Lipinski definition) is 2. The molecule has 27 heavy (non-hydrogen) atoms. The summed E-state index contributed by atoms with van der Waals surface area (Å²) in [5.74, 6) is -0.582. The van der Waals surface area contributed by atoms with Crippen molar-refractivity contribution in [2.45, 2.75) is 73.0 Å². The van der Waals surface area contributed by atoms with Gasteiger partial charge in [-0.25, -0.2) is 9.78 Å². The van der Waals surface area contributed by atoms with Crippen molar-refractivity contribution < 1.29 is 19.8 Å². The molecule has 0 aliphatic heterocycles. The molecule has 1 heterocycles. The fourth-order valence-corrected chi connectivity index (χ4v) is 3.96. The van der Waals surface area contributed by atoms with Crippen molar-refractivity contribution in [2.75, 3.05) is 6.54 Å². The van der Waals surface area contributed by atoms with Crippen molar-refractivity contribution in [2.24, 2.45) is 17.8 Å². The van der Waals surface area contributed by atoms with Gasteiger partial charge in [0.1, 0.15) is 11.1 Å². The molecule has 154 valence electrons. The van der Waals surface area contributed by atoms with Crippen molar-refractivity contribution in [3.63, 3.8) is 0 Å². The summed E-state index contributed by atoms with van der Waals surface area (Å²) in [4.78, 5) is 30.1. The molecular formula is C20H34N2O4S. The summed E-state index contributed by atoms with van der Waals surface area (Å²) < 4.78 is 0. The van der Waals surface area contributed by atoms with Gasteiger partial charge in [0.15, 0.2) is 5.69 Å². The van der Waals surface area contributed by atoms with E-state index in [0.29, 0.717) is 23.9 Å². The number of aliphatic hydroxyl groups is 1. The Hall–Kier alpha value is -1.47. The Balaban J connectivity index is 3.03. The maximum absolute atomic E-state index is 13.1. The van der Waals surface area contributed by atoms with Gasteiger partial charge in [0, 0.05) is 30.3 Å². The summed E-state index contributed by atoms with van der Waals surface area (Å²) in [6.07, 6.45) is 1.25. The van der Waals surface area contributed by atoms with E-state index in [9.17, 15) is 14.7 Å². The fourth-order valence-electron chi connectivity index (χ4n) is 3.17. The maximum Gasteiger partial charge on any atom is 0.355 e. The lowest BCUT2D eigenvalue weighted by molar-refractivity contribution is -0.140. The molecule has 1 amide bonds. The Morgan fingerprint density at radius 3 is 2.30 bits per heavy atom. The second kappa shape index (κ2) is 10.8. The standard InChI is InChI=1S/C20H34N2O4S/c1-7-9-22(19(24)14(6)13(5)8-2)16(12(3)4)10-17(23)18-21-15(11-27-18)20(25)26/h11-14,16-17,23H,7-10H2,1-6H3,(H,25,26)/t13-,14-,16+,17+/m0/s1. The minimum absolute atomic E-state index is 0.0537. The zero-order chi connectivity index (χ0) is 20.7. The van der Waals surface area contributed by atoms with Crippen molar-refractivity contribution in [3.8, 4) is 0 Å².